The van der Waals surface area contributed by atoms with Gasteiger partial charge in [0.15, 0.2) is 0 Å². The largest absolute Gasteiger partial charge is 0.481 e. The van der Waals surface area contributed by atoms with Crippen molar-refractivity contribution < 1.29 is 23.1 Å². The third-order valence-corrected chi connectivity index (χ3v) is 2.42. The lowest BCUT2D eigenvalue weighted by Crippen LogP contribution is -2.09. The highest BCUT2D eigenvalue weighted by Crippen LogP contribution is 2.38. The minimum absolute atomic E-state index is 0.158. The Morgan fingerprint density at radius 2 is 1.88 bits per heavy atom. The van der Waals surface area contributed by atoms with Crippen LogP contribution in [-0.2, 0) is 17.4 Å². The fourth-order valence-corrected chi connectivity index (χ4v) is 1.67. The van der Waals surface area contributed by atoms with Crippen molar-refractivity contribution >= 4 is 29.2 Å². The molecule has 0 atom stereocenters. The van der Waals surface area contributed by atoms with Crippen LogP contribution in [0.4, 0.5) is 13.2 Å². The first-order valence-corrected chi connectivity index (χ1v) is 4.74. The summed E-state index contributed by atoms with van der Waals surface area (Å²) >= 11 is 10.9. The molecule has 0 aromatic heterocycles. The SMILES string of the molecule is O=C(O)Cc1cc(Cl)cc(C(F)(F)F)c1Cl. The summed E-state index contributed by atoms with van der Waals surface area (Å²) in [6, 6.07) is 1.77. The Morgan fingerprint density at radius 1 is 1.31 bits per heavy atom. The van der Waals surface area contributed by atoms with Crippen LogP contribution in [-0.4, -0.2) is 11.1 Å². The lowest BCUT2D eigenvalue weighted by Gasteiger charge is -2.12. The van der Waals surface area contributed by atoms with E-state index in [1.807, 2.05) is 0 Å². The Balaban J connectivity index is 3.32. The number of benzene rings is 1. The van der Waals surface area contributed by atoms with E-state index in [0.29, 0.717) is 6.07 Å². The zero-order valence-electron chi connectivity index (χ0n) is 7.61. The molecule has 0 saturated heterocycles. The molecule has 0 aliphatic carbocycles. The predicted octanol–water partition coefficient (Wildman–Crippen LogP) is 3.64. The summed E-state index contributed by atoms with van der Waals surface area (Å²) in [5.74, 6) is -1.28. The molecule has 16 heavy (non-hydrogen) atoms. The molecule has 0 saturated carbocycles. The molecule has 1 aromatic rings. The smallest absolute Gasteiger partial charge is 0.417 e. The molecule has 7 heteroatoms. The zero-order valence-corrected chi connectivity index (χ0v) is 9.12. The number of alkyl halides is 3. The Morgan fingerprint density at radius 3 is 2.31 bits per heavy atom. The van der Waals surface area contributed by atoms with Gasteiger partial charge in [0, 0.05) is 5.02 Å². The van der Waals surface area contributed by atoms with Gasteiger partial charge in [-0.1, -0.05) is 23.2 Å². The molecule has 0 amide bonds. The van der Waals surface area contributed by atoms with Crippen LogP contribution in [0.25, 0.3) is 0 Å². The van der Waals surface area contributed by atoms with E-state index in [9.17, 15) is 18.0 Å². The van der Waals surface area contributed by atoms with Crippen molar-refractivity contribution in [2.45, 2.75) is 12.6 Å². The molecule has 0 heterocycles. The number of aliphatic carboxylic acids is 1. The quantitative estimate of drug-likeness (QED) is 0.893. The van der Waals surface area contributed by atoms with Gasteiger partial charge in [0.2, 0.25) is 0 Å². The minimum atomic E-state index is -4.66. The second-order valence-corrected chi connectivity index (χ2v) is 3.81. The third kappa shape index (κ3) is 3.02. The molecular weight excluding hydrogens is 268 g/mol. The molecular formula is C9H5Cl2F3O2. The summed E-state index contributed by atoms with van der Waals surface area (Å²) in [7, 11) is 0. The van der Waals surface area contributed by atoms with Crippen molar-refractivity contribution in [2.24, 2.45) is 0 Å². The van der Waals surface area contributed by atoms with Crippen molar-refractivity contribution in [3.63, 3.8) is 0 Å². The molecule has 0 radical (unpaired) electrons. The van der Waals surface area contributed by atoms with Crippen LogP contribution in [0.3, 0.4) is 0 Å². The van der Waals surface area contributed by atoms with Gasteiger partial charge >= 0.3 is 12.1 Å². The lowest BCUT2D eigenvalue weighted by atomic mass is 10.1. The lowest BCUT2D eigenvalue weighted by molar-refractivity contribution is -0.138. The molecule has 0 spiro atoms. The monoisotopic (exact) mass is 272 g/mol. The first-order valence-electron chi connectivity index (χ1n) is 3.98. The molecule has 0 bridgehead atoms. The fraction of sp³-hybridized carbons (Fsp3) is 0.222. The van der Waals surface area contributed by atoms with E-state index in [-0.39, 0.29) is 10.6 Å². The number of hydrogen-bond donors (Lipinski definition) is 1. The van der Waals surface area contributed by atoms with Gasteiger partial charge in [-0.05, 0) is 17.7 Å². The number of carboxylic acids is 1. The van der Waals surface area contributed by atoms with Gasteiger partial charge in [0.1, 0.15) is 0 Å². The first kappa shape index (κ1) is 13.1. The van der Waals surface area contributed by atoms with Crippen molar-refractivity contribution in [1.29, 1.82) is 0 Å². The maximum absolute atomic E-state index is 12.5. The average molecular weight is 273 g/mol. The predicted molar refractivity (Wildman–Crippen MR) is 52.8 cm³/mol. The van der Waals surface area contributed by atoms with Crippen molar-refractivity contribution in [3.8, 4) is 0 Å². The van der Waals surface area contributed by atoms with Crippen LogP contribution in [0, 0.1) is 0 Å². The van der Waals surface area contributed by atoms with Gasteiger partial charge < -0.3 is 5.11 Å². The third-order valence-electron chi connectivity index (χ3n) is 1.76. The topological polar surface area (TPSA) is 37.3 Å². The van der Waals surface area contributed by atoms with Crippen LogP contribution in [0.5, 0.6) is 0 Å². The fourth-order valence-electron chi connectivity index (χ4n) is 1.14. The molecule has 0 fully saturated rings. The normalized spacial score (nSPS) is 11.6. The summed E-state index contributed by atoms with van der Waals surface area (Å²) in [5.41, 5.74) is -1.29. The summed E-state index contributed by atoms with van der Waals surface area (Å²) in [6.07, 6.45) is -5.27. The minimum Gasteiger partial charge on any atom is -0.481 e. The Kier molecular flexibility index (Phi) is 3.70. The van der Waals surface area contributed by atoms with Crippen molar-refractivity contribution in [1.82, 2.24) is 0 Å². The van der Waals surface area contributed by atoms with Crippen LogP contribution in [0.15, 0.2) is 12.1 Å². The molecule has 1 aromatic carbocycles. The van der Waals surface area contributed by atoms with Crippen LogP contribution in [0.2, 0.25) is 10.0 Å². The van der Waals surface area contributed by atoms with Gasteiger partial charge in [0.05, 0.1) is 17.0 Å². The highest BCUT2D eigenvalue weighted by atomic mass is 35.5. The maximum atomic E-state index is 12.5. The van der Waals surface area contributed by atoms with Gasteiger partial charge in [0.25, 0.3) is 0 Å². The van der Waals surface area contributed by atoms with E-state index in [2.05, 4.69) is 0 Å². The molecule has 0 aliphatic heterocycles. The summed E-state index contributed by atoms with van der Waals surface area (Å²) < 4.78 is 37.4. The molecule has 2 nitrogen and oxygen atoms in total. The highest BCUT2D eigenvalue weighted by Gasteiger charge is 2.34. The second-order valence-electron chi connectivity index (χ2n) is 2.99. The standard InChI is InChI=1S/C9H5Cl2F3O2/c10-5-1-4(2-7(15)16)8(11)6(3-5)9(12,13)14/h1,3H,2H2,(H,15,16). The van der Waals surface area contributed by atoms with Gasteiger partial charge in [-0.25, -0.2) is 0 Å². The maximum Gasteiger partial charge on any atom is 0.417 e. The Bertz CT molecular complexity index is 429. The first-order chi connectivity index (χ1) is 7.21. The number of carboxylic acid groups (broad SMARTS) is 1. The zero-order chi connectivity index (χ0) is 12.5. The van der Waals surface area contributed by atoms with Crippen LogP contribution >= 0.6 is 23.2 Å². The van der Waals surface area contributed by atoms with E-state index >= 15 is 0 Å². The highest BCUT2D eigenvalue weighted by molar-refractivity contribution is 6.34. The van der Waals surface area contributed by atoms with E-state index in [1.165, 1.54) is 0 Å². The number of hydrogen-bond acceptors (Lipinski definition) is 1. The number of rotatable bonds is 2. The summed E-state index contributed by atoms with van der Waals surface area (Å²) in [4.78, 5) is 10.4. The molecule has 0 unspecified atom stereocenters. The van der Waals surface area contributed by atoms with E-state index in [0.717, 1.165) is 6.07 Å². The molecule has 1 N–H and O–H groups in total. The van der Waals surface area contributed by atoms with Crippen LogP contribution in [0.1, 0.15) is 11.1 Å². The van der Waals surface area contributed by atoms with E-state index < -0.39 is 29.2 Å². The average Bonchev–Trinajstić information content (AvgIpc) is 2.07. The summed E-state index contributed by atoms with van der Waals surface area (Å²) in [5, 5.41) is 7.67. The summed E-state index contributed by atoms with van der Waals surface area (Å²) in [6.45, 7) is 0. The molecule has 1 rings (SSSR count). The van der Waals surface area contributed by atoms with Crippen LogP contribution < -0.4 is 0 Å². The molecule has 0 aliphatic rings. The number of halogens is 5. The van der Waals surface area contributed by atoms with Gasteiger partial charge in [-0.2, -0.15) is 13.2 Å². The number of carbonyl (C=O) groups is 1. The van der Waals surface area contributed by atoms with Crippen molar-refractivity contribution in [3.05, 3.63) is 33.3 Å². The molecule has 88 valence electrons. The van der Waals surface area contributed by atoms with Gasteiger partial charge in [-0.15, -0.1) is 0 Å². The van der Waals surface area contributed by atoms with E-state index in [4.69, 9.17) is 28.3 Å². The second kappa shape index (κ2) is 4.51. The Labute approximate surface area is 98.6 Å². The van der Waals surface area contributed by atoms with E-state index in [1.54, 1.807) is 0 Å². The van der Waals surface area contributed by atoms with Crippen molar-refractivity contribution in [2.75, 3.05) is 0 Å². The Hall–Kier alpha value is -0.940. The van der Waals surface area contributed by atoms with Gasteiger partial charge in [-0.3, -0.25) is 4.79 Å².